The van der Waals surface area contributed by atoms with Crippen LogP contribution in [0.1, 0.15) is 19.3 Å². The Balaban J connectivity index is 1.45. The molecule has 2 aliphatic rings. The number of nitrogens with one attached hydrogen (secondary N) is 2. The van der Waals surface area contributed by atoms with E-state index >= 15 is 0 Å². The van der Waals surface area contributed by atoms with Gasteiger partial charge in [0.1, 0.15) is 12.7 Å². The number of carbonyl (C=O) groups excluding carboxylic acids is 1. The van der Waals surface area contributed by atoms with Gasteiger partial charge in [-0.15, -0.1) is 0 Å². The summed E-state index contributed by atoms with van der Waals surface area (Å²) in [6.07, 6.45) is 2.57. The molecule has 7 nitrogen and oxygen atoms in total. The van der Waals surface area contributed by atoms with Gasteiger partial charge in [-0.2, -0.15) is 0 Å². The average molecular weight is 360 g/mol. The van der Waals surface area contributed by atoms with Gasteiger partial charge in [0.15, 0.2) is 17.5 Å². The molecule has 142 valence electrons. The maximum absolute atomic E-state index is 11.5. The van der Waals surface area contributed by atoms with Crippen molar-refractivity contribution >= 4 is 11.9 Å². The summed E-state index contributed by atoms with van der Waals surface area (Å²) >= 11 is 0. The smallest absolute Gasteiger partial charge is 0.220 e. The number of guanidine groups is 1. The lowest BCUT2D eigenvalue weighted by Crippen LogP contribution is -2.49. The van der Waals surface area contributed by atoms with Crippen LogP contribution in [0, 0.1) is 5.92 Å². The summed E-state index contributed by atoms with van der Waals surface area (Å²) in [4.78, 5) is 18.2. The Morgan fingerprint density at radius 2 is 2.00 bits per heavy atom. The monoisotopic (exact) mass is 360 g/mol. The molecule has 0 radical (unpaired) electrons. The third kappa shape index (κ3) is 4.59. The van der Waals surface area contributed by atoms with E-state index in [0.717, 1.165) is 43.4 Å². The lowest BCUT2D eigenvalue weighted by Gasteiger charge is -2.35. The summed E-state index contributed by atoms with van der Waals surface area (Å²) in [5, 5.41) is 6.10. The predicted octanol–water partition coefficient (Wildman–Crippen LogP) is 1.25. The van der Waals surface area contributed by atoms with Gasteiger partial charge in [0.05, 0.1) is 6.54 Å². The highest BCUT2D eigenvalue weighted by atomic mass is 16.6. The molecule has 2 aliphatic heterocycles. The van der Waals surface area contributed by atoms with E-state index in [1.165, 1.54) is 0 Å². The molecule has 0 aliphatic carbocycles. The Morgan fingerprint density at radius 1 is 1.27 bits per heavy atom. The van der Waals surface area contributed by atoms with Crippen LogP contribution in [0.25, 0.3) is 0 Å². The zero-order valence-corrected chi connectivity index (χ0v) is 15.5. The Bertz CT molecular complexity index is 641. The molecule has 3 rings (SSSR count). The second-order valence-corrected chi connectivity index (χ2v) is 6.73. The van der Waals surface area contributed by atoms with Crippen molar-refractivity contribution in [2.45, 2.75) is 25.4 Å². The van der Waals surface area contributed by atoms with Gasteiger partial charge < -0.3 is 25.0 Å². The molecule has 0 bridgehead atoms. The molecule has 1 unspecified atom stereocenters. The lowest BCUT2D eigenvalue weighted by atomic mass is 9.93. The van der Waals surface area contributed by atoms with E-state index in [-0.39, 0.29) is 12.0 Å². The number of para-hydroxylation sites is 2. The van der Waals surface area contributed by atoms with Gasteiger partial charge in [-0.05, 0) is 30.9 Å². The largest absolute Gasteiger partial charge is 0.486 e. The number of carbonyl (C=O) groups is 1. The Hall–Kier alpha value is -2.44. The maximum Gasteiger partial charge on any atom is 0.220 e. The van der Waals surface area contributed by atoms with Crippen LogP contribution in [-0.4, -0.2) is 63.2 Å². The maximum atomic E-state index is 11.5. The summed E-state index contributed by atoms with van der Waals surface area (Å²) in [5.41, 5.74) is 0. The second-order valence-electron chi connectivity index (χ2n) is 6.73. The number of ether oxygens (including phenoxy) is 2. The average Bonchev–Trinajstić information content (AvgIpc) is 2.69. The van der Waals surface area contributed by atoms with Crippen LogP contribution in [-0.2, 0) is 4.79 Å². The van der Waals surface area contributed by atoms with Crippen LogP contribution in [0.5, 0.6) is 11.5 Å². The number of hydrogen-bond acceptors (Lipinski definition) is 4. The first kappa shape index (κ1) is 18.4. The van der Waals surface area contributed by atoms with Gasteiger partial charge in [-0.25, -0.2) is 0 Å². The fourth-order valence-corrected chi connectivity index (χ4v) is 3.41. The fourth-order valence-electron chi connectivity index (χ4n) is 3.41. The lowest BCUT2D eigenvalue weighted by molar-refractivity contribution is -0.121. The van der Waals surface area contributed by atoms with E-state index in [1.54, 1.807) is 14.1 Å². The van der Waals surface area contributed by atoms with E-state index in [4.69, 9.17) is 9.47 Å². The van der Waals surface area contributed by atoms with Crippen LogP contribution in [0.15, 0.2) is 29.3 Å². The van der Waals surface area contributed by atoms with E-state index in [2.05, 4.69) is 20.5 Å². The molecule has 0 spiro atoms. The zero-order valence-electron chi connectivity index (χ0n) is 15.5. The molecule has 1 aromatic carbocycles. The molecule has 1 fully saturated rings. The highest BCUT2D eigenvalue weighted by Crippen LogP contribution is 2.30. The van der Waals surface area contributed by atoms with E-state index in [0.29, 0.717) is 25.5 Å². The minimum absolute atomic E-state index is 0.0487. The van der Waals surface area contributed by atoms with Crippen molar-refractivity contribution in [1.82, 2.24) is 15.5 Å². The summed E-state index contributed by atoms with van der Waals surface area (Å²) in [5.74, 6) is 3.05. The predicted molar refractivity (Wildman–Crippen MR) is 101 cm³/mol. The van der Waals surface area contributed by atoms with Gasteiger partial charge in [0.25, 0.3) is 0 Å². The Kier molecular flexibility index (Phi) is 6.20. The quantitative estimate of drug-likeness (QED) is 0.624. The molecule has 2 heterocycles. The van der Waals surface area contributed by atoms with Crippen LogP contribution in [0.4, 0.5) is 0 Å². The van der Waals surface area contributed by atoms with Gasteiger partial charge in [-0.1, -0.05) is 12.1 Å². The first-order valence-electron chi connectivity index (χ1n) is 9.24. The Morgan fingerprint density at radius 3 is 2.69 bits per heavy atom. The number of fused-ring (bicyclic) bond motifs is 1. The number of amides is 1. The van der Waals surface area contributed by atoms with Crippen LogP contribution in [0.3, 0.4) is 0 Å². The number of likely N-dealkylation sites (tertiary alicyclic amines) is 1. The van der Waals surface area contributed by atoms with Crippen LogP contribution < -0.4 is 20.1 Å². The normalized spacial score (nSPS) is 20.6. The second kappa shape index (κ2) is 8.78. The number of piperidine rings is 1. The molecule has 1 amide bonds. The highest BCUT2D eigenvalue weighted by molar-refractivity contribution is 5.80. The van der Waals surface area contributed by atoms with E-state index in [9.17, 15) is 4.79 Å². The van der Waals surface area contributed by atoms with Crippen molar-refractivity contribution in [3.63, 3.8) is 0 Å². The minimum atomic E-state index is -0.0487. The summed E-state index contributed by atoms with van der Waals surface area (Å²) in [6, 6.07) is 7.73. The van der Waals surface area contributed by atoms with E-state index < -0.39 is 0 Å². The fraction of sp³-hybridized carbons (Fsp3) is 0.579. The molecule has 1 aromatic rings. The molecule has 2 N–H and O–H groups in total. The van der Waals surface area contributed by atoms with Gasteiger partial charge in [-0.3, -0.25) is 9.79 Å². The summed E-state index contributed by atoms with van der Waals surface area (Å²) < 4.78 is 11.7. The van der Waals surface area contributed by atoms with Crippen LogP contribution in [0.2, 0.25) is 0 Å². The molecule has 0 aromatic heterocycles. The van der Waals surface area contributed by atoms with Crippen molar-refractivity contribution in [3.05, 3.63) is 24.3 Å². The number of rotatable bonds is 4. The van der Waals surface area contributed by atoms with Crippen molar-refractivity contribution < 1.29 is 14.3 Å². The molecule has 1 atom stereocenters. The summed E-state index contributed by atoms with van der Waals surface area (Å²) in [6.45, 7) is 2.98. The van der Waals surface area contributed by atoms with Crippen molar-refractivity contribution in [3.8, 4) is 11.5 Å². The highest BCUT2D eigenvalue weighted by Gasteiger charge is 2.25. The molecule has 7 heteroatoms. The standard InChI is InChI=1S/C19H28N4O3/c1-20-18(24)11-14-7-9-23(10-8-14)19(21-2)22-12-15-13-25-16-5-3-4-6-17(16)26-15/h3-6,14-15H,7-13H2,1-2H3,(H,20,24)(H,21,22). The molecule has 26 heavy (non-hydrogen) atoms. The van der Waals surface area contributed by atoms with Gasteiger partial charge in [0.2, 0.25) is 5.91 Å². The van der Waals surface area contributed by atoms with Gasteiger partial charge in [0, 0.05) is 33.6 Å². The van der Waals surface area contributed by atoms with Crippen molar-refractivity contribution in [2.75, 3.05) is 40.3 Å². The molecule has 0 saturated carbocycles. The zero-order chi connectivity index (χ0) is 18.4. The van der Waals surface area contributed by atoms with Gasteiger partial charge >= 0.3 is 0 Å². The SMILES string of the molecule is CN=C(NCC1COc2ccccc2O1)N1CCC(CC(=O)NC)CC1. The third-order valence-corrected chi connectivity index (χ3v) is 4.93. The number of aliphatic imine (C=N–C) groups is 1. The first-order chi connectivity index (χ1) is 12.7. The third-order valence-electron chi connectivity index (χ3n) is 4.93. The number of benzene rings is 1. The Labute approximate surface area is 154 Å². The van der Waals surface area contributed by atoms with Crippen molar-refractivity contribution in [2.24, 2.45) is 10.9 Å². The number of hydrogen-bond donors (Lipinski definition) is 2. The topological polar surface area (TPSA) is 75.2 Å². The molecule has 1 saturated heterocycles. The van der Waals surface area contributed by atoms with Crippen molar-refractivity contribution in [1.29, 1.82) is 0 Å². The van der Waals surface area contributed by atoms with E-state index in [1.807, 2.05) is 24.3 Å². The molecular weight excluding hydrogens is 332 g/mol. The summed E-state index contributed by atoms with van der Waals surface area (Å²) in [7, 11) is 3.49. The van der Waals surface area contributed by atoms with Crippen LogP contribution >= 0.6 is 0 Å². The number of nitrogens with zero attached hydrogens (tertiary/aromatic N) is 2. The minimum Gasteiger partial charge on any atom is -0.486 e. The first-order valence-corrected chi connectivity index (χ1v) is 9.24. The molecular formula is C19H28N4O3.